The normalized spacial score (nSPS) is 9.76. The molecule has 0 atom stereocenters. The van der Waals surface area contributed by atoms with Crippen LogP contribution in [0.1, 0.15) is 13.8 Å². The molecule has 0 spiro atoms. The highest BCUT2D eigenvalue weighted by atomic mass is 15.3. The van der Waals surface area contributed by atoms with Crippen LogP contribution in [0.25, 0.3) is 16.6 Å². The third kappa shape index (κ3) is 2.30. The summed E-state index contributed by atoms with van der Waals surface area (Å²) < 4.78 is 1.81. The molecule has 0 aliphatic rings. The molecule has 0 N–H and O–H groups in total. The van der Waals surface area contributed by atoms with Gasteiger partial charge in [0.15, 0.2) is 0 Å². The van der Waals surface area contributed by atoms with Crippen molar-refractivity contribution in [1.82, 2.24) is 19.7 Å². The van der Waals surface area contributed by atoms with Gasteiger partial charge in [-0.3, -0.25) is 0 Å². The molecule has 0 fully saturated rings. The average Bonchev–Trinajstić information content (AvgIpc) is 2.94. The highest BCUT2D eigenvalue weighted by Crippen LogP contribution is 2.14. The Hall–Kier alpha value is -2.23. The van der Waals surface area contributed by atoms with Gasteiger partial charge in [-0.15, -0.1) is 0 Å². The molecule has 86 valence electrons. The maximum atomic E-state index is 4.17. The van der Waals surface area contributed by atoms with Gasteiger partial charge in [0.1, 0.15) is 6.33 Å². The molecule has 2 heterocycles. The zero-order valence-electron chi connectivity index (χ0n) is 9.91. The first-order valence-electron chi connectivity index (χ1n) is 5.63. The molecule has 0 aliphatic carbocycles. The summed E-state index contributed by atoms with van der Waals surface area (Å²) in [6, 6.07) is 7.87. The van der Waals surface area contributed by atoms with E-state index in [4.69, 9.17) is 0 Å². The van der Waals surface area contributed by atoms with Crippen LogP contribution in [0.4, 0.5) is 0 Å². The number of hydrogen-bond donors (Lipinski definition) is 0. The smallest absolute Gasteiger partial charge is 0.116 e. The Morgan fingerprint density at radius 1 is 1.18 bits per heavy atom. The van der Waals surface area contributed by atoms with E-state index in [9.17, 15) is 0 Å². The molecule has 0 saturated heterocycles. The summed E-state index contributed by atoms with van der Waals surface area (Å²) in [5.41, 5.74) is 1.96. The van der Waals surface area contributed by atoms with E-state index in [2.05, 4.69) is 15.1 Å². The number of nitrogens with zero attached hydrogens (tertiary/aromatic N) is 4. The van der Waals surface area contributed by atoms with E-state index < -0.39 is 0 Å². The third-order valence-electron chi connectivity index (χ3n) is 2.26. The number of fused-ring (bicyclic) bond motifs is 1. The Morgan fingerprint density at radius 2 is 2.06 bits per heavy atom. The lowest BCUT2D eigenvalue weighted by molar-refractivity contribution is 0.882. The van der Waals surface area contributed by atoms with E-state index in [1.54, 1.807) is 18.7 Å². The van der Waals surface area contributed by atoms with Gasteiger partial charge in [-0.25, -0.2) is 14.6 Å². The molecule has 17 heavy (non-hydrogen) atoms. The van der Waals surface area contributed by atoms with Crippen LogP contribution in [0.15, 0.2) is 49.2 Å². The molecule has 2 aromatic heterocycles. The van der Waals surface area contributed by atoms with Crippen molar-refractivity contribution in [2.75, 3.05) is 0 Å². The van der Waals surface area contributed by atoms with Crippen molar-refractivity contribution < 1.29 is 0 Å². The van der Waals surface area contributed by atoms with Gasteiger partial charge in [-0.1, -0.05) is 13.8 Å². The molecular weight excluding hydrogens is 212 g/mol. The van der Waals surface area contributed by atoms with Gasteiger partial charge >= 0.3 is 0 Å². The van der Waals surface area contributed by atoms with Crippen LogP contribution >= 0.6 is 0 Å². The largest absolute Gasteiger partial charge is 0.244 e. The molecule has 4 nitrogen and oxygen atoms in total. The summed E-state index contributed by atoms with van der Waals surface area (Å²) in [6.07, 6.45) is 7.02. The predicted octanol–water partition coefficient (Wildman–Crippen LogP) is 2.84. The Morgan fingerprint density at radius 3 is 2.82 bits per heavy atom. The fraction of sp³-hybridized carbons (Fsp3) is 0.154. The highest BCUT2D eigenvalue weighted by Gasteiger charge is 1.98. The number of rotatable bonds is 1. The van der Waals surface area contributed by atoms with Gasteiger partial charge in [-0.2, -0.15) is 5.10 Å². The van der Waals surface area contributed by atoms with Crippen LogP contribution in [-0.2, 0) is 0 Å². The van der Waals surface area contributed by atoms with Crippen LogP contribution in [0.5, 0.6) is 0 Å². The maximum absolute atomic E-state index is 4.17. The van der Waals surface area contributed by atoms with E-state index in [0.717, 1.165) is 16.6 Å². The number of benzene rings is 1. The van der Waals surface area contributed by atoms with E-state index in [-0.39, 0.29) is 0 Å². The highest BCUT2D eigenvalue weighted by molar-refractivity contribution is 5.79. The van der Waals surface area contributed by atoms with E-state index in [1.165, 1.54) is 0 Å². The van der Waals surface area contributed by atoms with Crippen LogP contribution in [0.2, 0.25) is 0 Å². The summed E-state index contributed by atoms with van der Waals surface area (Å²) >= 11 is 0. The van der Waals surface area contributed by atoms with Crippen molar-refractivity contribution in [1.29, 1.82) is 0 Å². The molecule has 3 aromatic rings. The van der Waals surface area contributed by atoms with Gasteiger partial charge in [-0.05, 0) is 24.3 Å². The first kappa shape index (κ1) is 11.3. The zero-order chi connectivity index (χ0) is 12.1. The van der Waals surface area contributed by atoms with Gasteiger partial charge in [0.25, 0.3) is 0 Å². The molecule has 0 bridgehead atoms. The van der Waals surface area contributed by atoms with E-state index in [1.807, 2.05) is 49.0 Å². The third-order valence-corrected chi connectivity index (χ3v) is 2.26. The topological polar surface area (TPSA) is 43.6 Å². The summed E-state index contributed by atoms with van der Waals surface area (Å²) in [5, 5.41) is 5.19. The fourth-order valence-corrected chi connectivity index (χ4v) is 1.54. The monoisotopic (exact) mass is 226 g/mol. The van der Waals surface area contributed by atoms with Gasteiger partial charge in [0, 0.05) is 24.0 Å². The Kier molecular flexibility index (Phi) is 3.45. The minimum Gasteiger partial charge on any atom is -0.244 e. The lowest BCUT2D eigenvalue weighted by Gasteiger charge is -2.02. The fourth-order valence-electron chi connectivity index (χ4n) is 1.54. The molecular formula is C13H14N4. The summed E-state index contributed by atoms with van der Waals surface area (Å²) in [6.45, 7) is 4.00. The van der Waals surface area contributed by atoms with Crippen LogP contribution in [-0.4, -0.2) is 19.7 Å². The van der Waals surface area contributed by atoms with Crippen molar-refractivity contribution >= 4 is 10.9 Å². The molecule has 0 radical (unpaired) electrons. The summed E-state index contributed by atoms with van der Waals surface area (Å²) in [7, 11) is 0. The maximum Gasteiger partial charge on any atom is 0.116 e. The van der Waals surface area contributed by atoms with Crippen LogP contribution in [0.3, 0.4) is 0 Å². The molecule has 0 unspecified atom stereocenters. The van der Waals surface area contributed by atoms with Crippen molar-refractivity contribution in [2.24, 2.45) is 0 Å². The second-order valence-corrected chi connectivity index (χ2v) is 3.22. The lowest BCUT2D eigenvalue weighted by atomic mass is 10.2. The van der Waals surface area contributed by atoms with Crippen molar-refractivity contribution in [3.8, 4) is 5.69 Å². The van der Waals surface area contributed by atoms with Gasteiger partial charge < -0.3 is 0 Å². The Bertz CT molecular complexity index is 587. The van der Waals surface area contributed by atoms with Gasteiger partial charge in [0.05, 0.1) is 11.2 Å². The number of aromatic nitrogens is 4. The van der Waals surface area contributed by atoms with Crippen molar-refractivity contribution in [3.63, 3.8) is 0 Å². The van der Waals surface area contributed by atoms with Crippen LogP contribution < -0.4 is 0 Å². The van der Waals surface area contributed by atoms with Crippen molar-refractivity contribution in [3.05, 3.63) is 49.2 Å². The lowest BCUT2D eigenvalue weighted by Crippen LogP contribution is -1.94. The number of hydrogen-bond acceptors (Lipinski definition) is 3. The Labute approximate surface area is 100.0 Å². The summed E-state index contributed by atoms with van der Waals surface area (Å²) in [4.78, 5) is 8.16. The SMILES string of the molecule is CC.c1cnn(-c2ccc3ncncc3c2)c1. The molecule has 0 saturated carbocycles. The summed E-state index contributed by atoms with van der Waals surface area (Å²) in [5.74, 6) is 0. The first-order chi connectivity index (χ1) is 8.43. The molecule has 1 aromatic carbocycles. The second kappa shape index (κ2) is 5.21. The standard InChI is InChI=1S/C11H8N4.C2H6/c1-4-14-15(5-1)10-2-3-11-9(6-10)7-12-8-13-11;1-2/h1-8H;1-2H3. The average molecular weight is 226 g/mol. The van der Waals surface area contributed by atoms with Gasteiger partial charge in [0.2, 0.25) is 0 Å². The minimum absolute atomic E-state index is 0.945. The van der Waals surface area contributed by atoms with E-state index in [0.29, 0.717) is 0 Å². The quantitative estimate of drug-likeness (QED) is 0.640. The molecule has 0 amide bonds. The first-order valence-corrected chi connectivity index (χ1v) is 5.63. The van der Waals surface area contributed by atoms with Crippen LogP contribution in [0, 0.1) is 0 Å². The van der Waals surface area contributed by atoms with E-state index >= 15 is 0 Å². The molecule has 0 aliphatic heterocycles. The zero-order valence-corrected chi connectivity index (χ0v) is 9.91. The molecule has 4 heteroatoms. The molecule has 3 rings (SSSR count). The predicted molar refractivity (Wildman–Crippen MR) is 68.0 cm³/mol. The van der Waals surface area contributed by atoms with Crippen molar-refractivity contribution in [2.45, 2.75) is 13.8 Å². The minimum atomic E-state index is 0.945. The second-order valence-electron chi connectivity index (χ2n) is 3.22. The Balaban J connectivity index is 0.000000514.